The van der Waals surface area contributed by atoms with Crippen LogP contribution in [0.15, 0.2) is 53.6 Å². The molecule has 6 nitrogen and oxygen atoms in total. The van der Waals surface area contributed by atoms with Gasteiger partial charge in [0.15, 0.2) is 0 Å². The molecule has 7 heteroatoms. The number of carbonyl (C=O) groups excluding carboxylic acids is 2. The quantitative estimate of drug-likeness (QED) is 0.580. The normalized spacial score (nSPS) is 12.0. The van der Waals surface area contributed by atoms with Crippen LogP contribution in [0.3, 0.4) is 0 Å². The maximum Gasteiger partial charge on any atom is 0.262 e. The minimum Gasteiger partial charge on any atom is -0.497 e. The first kappa shape index (κ1) is 20.1. The van der Waals surface area contributed by atoms with Gasteiger partial charge in [-0.1, -0.05) is 38.1 Å². The Hall–Kier alpha value is -3.22. The number of rotatable bonds is 7. The zero-order valence-corrected chi connectivity index (χ0v) is 15.4. The molecule has 0 aliphatic carbocycles. The molecule has 2 aromatic carbocycles. The van der Waals surface area contributed by atoms with Crippen molar-refractivity contribution >= 4 is 18.0 Å². The molecule has 0 radical (unpaired) electrons. The van der Waals surface area contributed by atoms with Crippen LogP contribution in [0.5, 0.6) is 5.75 Å². The number of nitrogens with one attached hydrogen (secondary N) is 2. The number of carbonyl (C=O) groups is 2. The van der Waals surface area contributed by atoms with Crippen molar-refractivity contribution in [2.24, 2.45) is 11.0 Å². The van der Waals surface area contributed by atoms with Crippen molar-refractivity contribution in [3.05, 3.63) is 65.5 Å². The van der Waals surface area contributed by atoms with Crippen molar-refractivity contribution in [2.75, 3.05) is 7.11 Å². The highest BCUT2D eigenvalue weighted by Gasteiger charge is 2.25. The van der Waals surface area contributed by atoms with Gasteiger partial charge in [-0.3, -0.25) is 9.59 Å². The third kappa shape index (κ3) is 5.64. The number of benzene rings is 2. The van der Waals surface area contributed by atoms with Gasteiger partial charge in [-0.25, -0.2) is 9.82 Å². The van der Waals surface area contributed by atoms with Gasteiger partial charge >= 0.3 is 0 Å². The zero-order valence-electron chi connectivity index (χ0n) is 15.4. The number of hydrazone groups is 1. The van der Waals surface area contributed by atoms with E-state index >= 15 is 0 Å². The summed E-state index contributed by atoms with van der Waals surface area (Å²) in [6, 6.07) is 11.9. The third-order valence-electron chi connectivity index (χ3n) is 3.84. The summed E-state index contributed by atoms with van der Waals surface area (Å²) < 4.78 is 18.9. The van der Waals surface area contributed by atoms with Crippen LogP contribution in [0.1, 0.15) is 29.8 Å². The number of hydrogen-bond donors (Lipinski definition) is 2. The molecule has 0 heterocycles. The monoisotopic (exact) mass is 371 g/mol. The first-order valence-electron chi connectivity index (χ1n) is 8.44. The Kier molecular flexibility index (Phi) is 7.05. The summed E-state index contributed by atoms with van der Waals surface area (Å²) in [5, 5.41) is 6.47. The van der Waals surface area contributed by atoms with Crippen molar-refractivity contribution in [1.29, 1.82) is 0 Å². The van der Waals surface area contributed by atoms with E-state index in [4.69, 9.17) is 4.74 Å². The van der Waals surface area contributed by atoms with Crippen molar-refractivity contribution < 1.29 is 18.7 Å². The Labute approximate surface area is 157 Å². The van der Waals surface area contributed by atoms with E-state index in [1.54, 1.807) is 51.3 Å². The maximum absolute atomic E-state index is 13.7. The van der Waals surface area contributed by atoms with Crippen molar-refractivity contribution in [3.8, 4) is 5.75 Å². The second-order valence-electron chi connectivity index (χ2n) is 6.19. The SMILES string of the molecule is COc1cccc(C=NNC(=O)C(NC(=O)c2ccccc2F)C(C)C)c1. The largest absolute Gasteiger partial charge is 0.497 e. The predicted molar refractivity (Wildman–Crippen MR) is 101 cm³/mol. The average Bonchev–Trinajstić information content (AvgIpc) is 2.66. The lowest BCUT2D eigenvalue weighted by atomic mass is 10.0. The fourth-order valence-corrected chi connectivity index (χ4v) is 2.36. The Morgan fingerprint density at radius 3 is 2.56 bits per heavy atom. The molecule has 2 rings (SSSR count). The lowest BCUT2D eigenvalue weighted by Gasteiger charge is -2.20. The molecule has 1 unspecified atom stereocenters. The Bertz CT molecular complexity index is 837. The van der Waals surface area contributed by atoms with E-state index in [-0.39, 0.29) is 11.5 Å². The van der Waals surface area contributed by atoms with Gasteiger partial charge in [-0.2, -0.15) is 5.10 Å². The molecule has 0 saturated heterocycles. The van der Waals surface area contributed by atoms with Gasteiger partial charge in [0.1, 0.15) is 17.6 Å². The van der Waals surface area contributed by atoms with Crippen LogP contribution in [-0.4, -0.2) is 31.2 Å². The smallest absolute Gasteiger partial charge is 0.262 e. The summed E-state index contributed by atoms with van der Waals surface area (Å²) in [6.07, 6.45) is 1.47. The molecule has 2 N–H and O–H groups in total. The molecule has 0 fully saturated rings. The van der Waals surface area contributed by atoms with E-state index in [1.807, 2.05) is 0 Å². The molecule has 2 aromatic rings. The minimum absolute atomic E-state index is 0.115. The fourth-order valence-electron chi connectivity index (χ4n) is 2.36. The molecule has 0 bridgehead atoms. The summed E-state index contributed by atoms with van der Waals surface area (Å²) >= 11 is 0. The van der Waals surface area contributed by atoms with Gasteiger partial charge in [-0.05, 0) is 35.7 Å². The van der Waals surface area contributed by atoms with Gasteiger partial charge in [0.25, 0.3) is 11.8 Å². The van der Waals surface area contributed by atoms with Gasteiger partial charge < -0.3 is 10.1 Å². The van der Waals surface area contributed by atoms with E-state index in [2.05, 4.69) is 15.8 Å². The predicted octanol–water partition coefficient (Wildman–Crippen LogP) is 2.74. The van der Waals surface area contributed by atoms with Gasteiger partial charge in [0.2, 0.25) is 0 Å². The molecule has 0 spiro atoms. The molecule has 0 aliphatic rings. The molecule has 27 heavy (non-hydrogen) atoms. The third-order valence-corrected chi connectivity index (χ3v) is 3.84. The fraction of sp³-hybridized carbons (Fsp3) is 0.250. The first-order chi connectivity index (χ1) is 12.9. The highest BCUT2D eigenvalue weighted by molar-refractivity contribution is 5.98. The van der Waals surface area contributed by atoms with Crippen LogP contribution in [0, 0.1) is 11.7 Å². The lowest BCUT2D eigenvalue weighted by molar-refractivity contribution is -0.123. The number of ether oxygens (including phenoxy) is 1. The first-order valence-corrected chi connectivity index (χ1v) is 8.44. The van der Waals surface area contributed by atoms with E-state index in [0.717, 1.165) is 5.56 Å². The summed E-state index contributed by atoms with van der Waals surface area (Å²) in [4.78, 5) is 24.7. The van der Waals surface area contributed by atoms with Crippen molar-refractivity contribution in [2.45, 2.75) is 19.9 Å². The summed E-state index contributed by atoms with van der Waals surface area (Å²) in [5.74, 6) is -1.34. The summed E-state index contributed by atoms with van der Waals surface area (Å²) in [5.41, 5.74) is 3.03. The molecule has 0 saturated carbocycles. The Balaban J connectivity index is 2.03. The highest BCUT2D eigenvalue weighted by atomic mass is 19.1. The lowest BCUT2D eigenvalue weighted by Crippen LogP contribution is -2.48. The topological polar surface area (TPSA) is 79.8 Å². The van der Waals surface area contributed by atoms with Crippen LogP contribution in [0.2, 0.25) is 0 Å². The molecular formula is C20H22FN3O3. The highest BCUT2D eigenvalue weighted by Crippen LogP contribution is 2.11. The van der Waals surface area contributed by atoms with Crippen LogP contribution in [0.4, 0.5) is 4.39 Å². The van der Waals surface area contributed by atoms with E-state index in [1.165, 1.54) is 24.4 Å². The van der Waals surface area contributed by atoms with Crippen LogP contribution < -0.4 is 15.5 Å². The van der Waals surface area contributed by atoms with E-state index in [0.29, 0.717) is 5.75 Å². The van der Waals surface area contributed by atoms with E-state index < -0.39 is 23.7 Å². The molecule has 1 atom stereocenters. The van der Waals surface area contributed by atoms with Crippen LogP contribution in [-0.2, 0) is 4.79 Å². The van der Waals surface area contributed by atoms with Gasteiger partial charge in [-0.15, -0.1) is 0 Å². The van der Waals surface area contributed by atoms with Crippen LogP contribution >= 0.6 is 0 Å². The molecular weight excluding hydrogens is 349 g/mol. The van der Waals surface area contributed by atoms with Gasteiger partial charge in [0, 0.05) is 0 Å². The van der Waals surface area contributed by atoms with Crippen molar-refractivity contribution in [3.63, 3.8) is 0 Å². The average molecular weight is 371 g/mol. The number of amides is 2. The number of halogens is 1. The summed E-state index contributed by atoms with van der Waals surface area (Å²) in [6.45, 7) is 3.55. The second-order valence-corrected chi connectivity index (χ2v) is 6.19. The van der Waals surface area contributed by atoms with E-state index in [9.17, 15) is 14.0 Å². The number of nitrogens with zero attached hydrogens (tertiary/aromatic N) is 1. The molecule has 142 valence electrons. The zero-order chi connectivity index (χ0) is 19.8. The van der Waals surface area contributed by atoms with Crippen molar-refractivity contribution in [1.82, 2.24) is 10.7 Å². The van der Waals surface area contributed by atoms with Crippen LogP contribution in [0.25, 0.3) is 0 Å². The van der Waals surface area contributed by atoms with Gasteiger partial charge in [0.05, 0.1) is 18.9 Å². The molecule has 0 aromatic heterocycles. The number of methoxy groups -OCH3 is 1. The minimum atomic E-state index is -0.862. The maximum atomic E-state index is 13.7. The standard InChI is InChI=1S/C20H22FN3O3/c1-13(2)18(23-19(25)16-9-4-5-10-17(16)21)20(26)24-22-12-14-7-6-8-15(11-14)27-3/h4-13,18H,1-3H3,(H,23,25)(H,24,26). The molecule has 2 amide bonds. The number of hydrogen-bond acceptors (Lipinski definition) is 4. The molecule has 0 aliphatic heterocycles. The summed E-state index contributed by atoms with van der Waals surface area (Å²) in [7, 11) is 1.56. The Morgan fingerprint density at radius 1 is 1.15 bits per heavy atom. The second kappa shape index (κ2) is 9.47. The Morgan fingerprint density at radius 2 is 1.89 bits per heavy atom.